The summed E-state index contributed by atoms with van der Waals surface area (Å²) in [6, 6.07) is 0. The van der Waals surface area contributed by atoms with E-state index < -0.39 is 5.97 Å². The van der Waals surface area contributed by atoms with Crippen molar-refractivity contribution in [3.8, 4) is 0 Å². The number of carbonyl (C=O) groups is 2. The van der Waals surface area contributed by atoms with Gasteiger partial charge in [0.25, 0.3) is 0 Å². The van der Waals surface area contributed by atoms with Gasteiger partial charge in [0.1, 0.15) is 0 Å². The largest absolute Gasteiger partial charge is 0.476 e. The highest BCUT2D eigenvalue weighted by Gasteiger charge is 2.28. The second-order valence-corrected chi connectivity index (χ2v) is 6.22. The molecule has 1 aliphatic heterocycles. The van der Waals surface area contributed by atoms with Gasteiger partial charge in [0, 0.05) is 24.9 Å². The van der Waals surface area contributed by atoms with E-state index in [-0.39, 0.29) is 17.5 Å². The maximum Gasteiger partial charge on any atom is 0.355 e. The third-order valence-corrected chi connectivity index (χ3v) is 4.62. The summed E-state index contributed by atoms with van der Waals surface area (Å²) in [5, 5.41) is 25.4. The number of nitrogens with one attached hydrogen (secondary N) is 1. The number of carboxylic acid groups (broad SMARTS) is 1. The van der Waals surface area contributed by atoms with Crippen LogP contribution in [-0.4, -0.2) is 48.7 Å². The Labute approximate surface area is 135 Å². The van der Waals surface area contributed by atoms with Crippen molar-refractivity contribution in [2.24, 2.45) is 0 Å². The number of tetrazole rings is 1. The lowest BCUT2D eigenvalue weighted by Gasteiger charge is -2.12. The normalized spacial score (nSPS) is 17.3. The molecule has 2 aromatic rings. The molecule has 0 radical (unpaired) electrons. The van der Waals surface area contributed by atoms with E-state index >= 15 is 0 Å². The maximum absolute atomic E-state index is 12.4. The van der Waals surface area contributed by atoms with Crippen LogP contribution in [0.4, 0.5) is 0 Å². The minimum Gasteiger partial charge on any atom is -0.476 e. The van der Waals surface area contributed by atoms with Crippen LogP contribution in [0.15, 0.2) is 5.38 Å². The van der Waals surface area contributed by atoms with Crippen LogP contribution in [0.2, 0.25) is 0 Å². The predicted molar refractivity (Wildman–Crippen MR) is 80.2 cm³/mol. The van der Waals surface area contributed by atoms with Crippen LogP contribution in [0, 0.1) is 0 Å². The summed E-state index contributed by atoms with van der Waals surface area (Å²) in [6.45, 7) is 1.15. The van der Waals surface area contributed by atoms with Crippen molar-refractivity contribution >= 4 is 23.2 Å². The van der Waals surface area contributed by atoms with Crippen molar-refractivity contribution in [3.63, 3.8) is 0 Å². The lowest BCUT2D eigenvalue weighted by molar-refractivity contribution is -0.122. The zero-order valence-corrected chi connectivity index (χ0v) is 13.1. The molecule has 122 valence electrons. The van der Waals surface area contributed by atoms with Crippen molar-refractivity contribution in [2.75, 3.05) is 6.54 Å². The van der Waals surface area contributed by atoms with Gasteiger partial charge in [0.05, 0.1) is 10.9 Å². The number of carbonyl (C=O) groups excluding carboxylic acids is 1. The lowest BCUT2D eigenvalue weighted by atomic mass is 10.0. The lowest BCUT2D eigenvalue weighted by Crippen LogP contribution is -2.32. The summed E-state index contributed by atoms with van der Waals surface area (Å²) in [6.07, 6.45) is 3.13. The Hall–Kier alpha value is -2.36. The fourth-order valence-electron chi connectivity index (χ4n) is 2.55. The van der Waals surface area contributed by atoms with Gasteiger partial charge in [-0.25, -0.2) is 14.5 Å². The van der Waals surface area contributed by atoms with E-state index in [1.807, 2.05) is 0 Å². The first-order chi connectivity index (χ1) is 11.1. The molecule has 1 atom stereocenters. The molecule has 2 N–H and O–H groups in total. The average molecular weight is 336 g/mol. The SMILES string of the molecule is O=C(O)c1csc(CCNC(=O)C2CCCCn3nnnc32)n1. The molecule has 1 amide bonds. The number of aromatic carboxylic acids is 1. The number of nitrogens with zero attached hydrogens (tertiary/aromatic N) is 5. The molecule has 0 bridgehead atoms. The molecule has 10 heteroatoms. The van der Waals surface area contributed by atoms with Gasteiger partial charge in [0.2, 0.25) is 5.91 Å². The first kappa shape index (κ1) is 15.5. The molecule has 0 aliphatic carbocycles. The predicted octanol–water partition coefficient (Wildman–Crippen LogP) is 0.454. The van der Waals surface area contributed by atoms with E-state index in [0.29, 0.717) is 23.8 Å². The first-order valence-electron chi connectivity index (χ1n) is 7.36. The number of carboxylic acids is 1. The van der Waals surface area contributed by atoms with Crippen molar-refractivity contribution in [1.82, 2.24) is 30.5 Å². The van der Waals surface area contributed by atoms with Gasteiger partial charge in [-0.15, -0.1) is 16.4 Å². The summed E-state index contributed by atoms with van der Waals surface area (Å²) in [5.41, 5.74) is 0.0410. The van der Waals surface area contributed by atoms with Gasteiger partial charge in [-0.1, -0.05) is 6.42 Å². The average Bonchev–Trinajstić information content (AvgIpc) is 3.13. The van der Waals surface area contributed by atoms with Gasteiger partial charge < -0.3 is 10.4 Å². The zero-order valence-electron chi connectivity index (χ0n) is 12.3. The number of thiazole rings is 1. The van der Waals surface area contributed by atoms with Crippen molar-refractivity contribution in [2.45, 2.75) is 38.1 Å². The summed E-state index contributed by atoms with van der Waals surface area (Å²) < 4.78 is 1.69. The highest BCUT2D eigenvalue weighted by molar-refractivity contribution is 7.09. The number of aryl methyl sites for hydroxylation is 1. The molecule has 23 heavy (non-hydrogen) atoms. The zero-order chi connectivity index (χ0) is 16.2. The Morgan fingerprint density at radius 1 is 1.43 bits per heavy atom. The van der Waals surface area contributed by atoms with Crippen LogP contribution in [0.25, 0.3) is 0 Å². The third-order valence-electron chi connectivity index (χ3n) is 3.71. The van der Waals surface area contributed by atoms with E-state index in [2.05, 4.69) is 25.8 Å². The molecule has 1 aliphatic rings. The van der Waals surface area contributed by atoms with Gasteiger partial charge >= 0.3 is 5.97 Å². The van der Waals surface area contributed by atoms with E-state index in [0.717, 1.165) is 25.8 Å². The second-order valence-electron chi connectivity index (χ2n) is 5.28. The van der Waals surface area contributed by atoms with Crippen molar-refractivity contribution in [1.29, 1.82) is 0 Å². The molecule has 1 unspecified atom stereocenters. The van der Waals surface area contributed by atoms with E-state index in [9.17, 15) is 9.59 Å². The molecular weight excluding hydrogens is 320 g/mol. The van der Waals surface area contributed by atoms with E-state index in [1.165, 1.54) is 16.7 Å². The Morgan fingerprint density at radius 3 is 3.09 bits per heavy atom. The van der Waals surface area contributed by atoms with Crippen LogP contribution < -0.4 is 5.32 Å². The summed E-state index contributed by atoms with van der Waals surface area (Å²) in [7, 11) is 0. The maximum atomic E-state index is 12.4. The van der Waals surface area contributed by atoms with Crippen LogP contribution in [0.5, 0.6) is 0 Å². The van der Waals surface area contributed by atoms with Gasteiger partial charge in [-0.05, 0) is 23.3 Å². The number of fused-ring (bicyclic) bond motifs is 1. The summed E-state index contributed by atoms with van der Waals surface area (Å²) >= 11 is 1.28. The molecule has 0 saturated carbocycles. The first-order valence-corrected chi connectivity index (χ1v) is 8.24. The standard InChI is InChI=1S/C13H16N6O3S/c20-12(8-3-1-2-6-19-11(8)16-17-18-19)14-5-4-10-15-9(7-23-10)13(21)22/h7-8H,1-6H2,(H,14,20)(H,21,22). The molecule has 9 nitrogen and oxygen atoms in total. The number of amides is 1. The summed E-state index contributed by atoms with van der Waals surface area (Å²) in [5.74, 6) is -0.861. The molecular formula is C13H16N6O3S. The molecule has 3 heterocycles. The Bertz CT molecular complexity index is 712. The molecule has 0 saturated heterocycles. The van der Waals surface area contributed by atoms with Gasteiger partial charge in [0.15, 0.2) is 11.5 Å². The second kappa shape index (κ2) is 6.82. The van der Waals surface area contributed by atoms with E-state index in [4.69, 9.17) is 5.11 Å². The molecule has 0 spiro atoms. The van der Waals surface area contributed by atoms with Crippen LogP contribution >= 0.6 is 11.3 Å². The highest BCUT2D eigenvalue weighted by atomic mass is 32.1. The Balaban J connectivity index is 1.56. The monoisotopic (exact) mass is 336 g/mol. The van der Waals surface area contributed by atoms with Crippen molar-refractivity contribution < 1.29 is 14.7 Å². The van der Waals surface area contributed by atoms with Gasteiger partial charge in [-0.2, -0.15) is 0 Å². The molecule has 2 aromatic heterocycles. The summed E-state index contributed by atoms with van der Waals surface area (Å²) in [4.78, 5) is 27.2. The van der Waals surface area contributed by atoms with Gasteiger partial charge in [-0.3, -0.25) is 4.79 Å². The van der Waals surface area contributed by atoms with Crippen LogP contribution in [-0.2, 0) is 17.8 Å². The number of rotatable bonds is 5. The van der Waals surface area contributed by atoms with Crippen LogP contribution in [0.3, 0.4) is 0 Å². The minimum absolute atomic E-state index is 0.0410. The van der Waals surface area contributed by atoms with Crippen molar-refractivity contribution in [3.05, 3.63) is 21.9 Å². The molecule has 0 aromatic carbocycles. The Kier molecular flexibility index (Phi) is 4.60. The van der Waals surface area contributed by atoms with Crippen LogP contribution in [0.1, 0.15) is 46.5 Å². The van der Waals surface area contributed by atoms with E-state index in [1.54, 1.807) is 4.68 Å². The smallest absolute Gasteiger partial charge is 0.355 e. The number of hydrogen-bond donors (Lipinski definition) is 2. The molecule has 0 fully saturated rings. The minimum atomic E-state index is -1.04. The highest BCUT2D eigenvalue weighted by Crippen LogP contribution is 2.23. The Morgan fingerprint density at radius 2 is 2.30 bits per heavy atom. The third kappa shape index (κ3) is 3.52. The number of aromatic nitrogens is 5. The quantitative estimate of drug-likeness (QED) is 0.812. The number of hydrogen-bond acceptors (Lipinski definition) is 7. The fourth-order valence-corrected chi connectivity index (χ4v) is 3.32. The topological polar surface area (TPSA) is 123 Å². The fraction of sp³-hybridized carbons (Fsp3) is 0.538. The molecule has 3 rings (SSSR count).